The van der Waals surface area contributed by atoms with Crippen LogP contribution in [0.3, 0.4) is 0 Å². The maximum atomic E-state index is 12.1. The lowest BCUT2D eigenvalue weighted by Gasteiger charge is -2.23. The Bertz CT molecular complexity index is 391. The summed E-state index contributed by atoms with van der Waals surface area (Å²) in [4.78, 5) is 16.1. The van der Waals surface area contributed by atoms with E-state index in [-0.39, 0.29) is 11.3 Å². The lowest BCUT2D eigenvalue weighted by Crippen LogP contribution is -2.30. The number of nitrogens with one attached hydrogen (secondary N) is 1. The number of carbonyl (C=O) groups is 1. The molecule has 1 rings (SSSR count). The Hall–Kier alpha value is -0.900. The van der Waals surface area contributed by atoms with Crippen LogP contribution in [0.15, 0.2) is 22.9 Å². The van der Waals surface area contributed by atoms with Crippen molar-refractivity contribution in [3.63, 3.8) is 0 Å². The minimum atomic E-state index is -0.335. The van der Waals surface area contributed by atoms with Crippen molar-refractivity contribution >= 4 is 27.5 Å². The van der Waals surface area contributed by atoms with Crippen LogP contribution in [0, 0.1) is 5.41 Å². The van der Waals surface area contributed by atoms with Gasteiger partial charge in [0.25, 0.3) is 0 Å². The number of hydrogen-bond donors (Lipinski definition) is 1. The first kappa shape index (κ1) is 14.2. The van der Waals surface area contributed by atoms with Gasteiger partial charge in [-0.15, -0.1) is 0 Å². The summed E-state index contributed by atoms with van der Waals surface area (Å²) in [6.45, 7) is 6.08. The van der Waals surface area contributed by atoms with Gasteiger partial charge in [0.15, 0.2) is 0 Å². The predicted molar refractivity (Wildman–Crippen MR) is 73.9 cm³/mol. The summed E-state index contributed by atoms with van der Waals surface area (Å²) >= 11 is 3.33. The summed E-state index contributed by atoms with van der Waals surface area (Å²) in [6, 6.07) is 1.85. The second kappa shape index (κ2) is 6.15. The molecular formula is C13H19BrN2O. The minimum absolute atomic E-state index is 0.0471. The normalized spacial score (nSPS) is 11.3. The average Bonchev–Trinajstić information content (AvgIpc) is 2.26. The molecule has 0 aliphatic heterocycles. The summed E-state index contributed by atoms with van der Waals surface area (Å²) in [5.74, 6) is 0.0471. The van der Waals surface area contributed by atoms with Gasteiger partial charge in [-0.1, -0.05) is 33.6 Å². The van der Waals surface area contributed by atoms with E-state index in [4.69, 9.17) is 0 Å². The number of halogens is 1. The third-order valence-electron chi connectivity index (χ3n) is 2.73. The second-order valence-corrected chi connectivity index (χ2v) is 5.75. The molecule has 0 atom stereocenters. The van der Waals surface area contributed by atoms with Crippen LogP contribution >= 0.6 is 15.9 Å². The molecule has 0 fully saturated rings. The first-order chi connectivity index (χ1) is 7.95. The molecule has 4 heteroatoms. The maximum absolute atomic E-state index is 12.1. The number of unbranched alkanes of at least 4 members (excludes halogenated alkanes) is 1. The van der Waals surface area contributed by atoms with Gasteiger partial charge < -0.3 is 5.32 Å². The molecule has 1 N–H and O–H groups in total. The van der Waals surface area contributed by atoms with Crippen molar-refractivity contribution in [2.24, 2.45) is 5.41 Å². The Morgan fingerprint density at radius 3 is 2.76 bits per heavy atom. The maximum Gasteiger partial charge on any atom is 0.230 e. The van der Waals surface area contributed by atoms with Crippen LogP contribution < -0.4 is 5.32 Å². The summed E-state index contributed by atoms with van der Waals surface area (Å²) in [7, 11) is 0. The molecule has 0 spiro atoms. The molecule has 0 aliphatic carbocycles. The molecular weight excluding hydrogens is 280 g/mol. The van der Waals surface area contributed by atoms with Crippen molar-refractivity contribution in [2.75, 3.05) is 5.32 Å². The fourth-order valence-electron chi connectivity index (χ4n) is 1.51. The molecule has 1 amide bonds. The molecule has 0 saturated heterocycles. The van der Waals surface area contributed by atoms with Gasteiger partial charge in [-0.05, 0) is 28.4 Å². The molecule has 0 aliphatic rings. The zero-order chi connectivity index (χ0) is 12.9. The summed E-state index contributed by atoms with van der Waals surface area (Å²) < 4.78 is 0.863. The number of carbonyl (C=O) groups excluding carboxylic acids is 1. The average molecular weight is 299 g/mol. The van der Waals surface area contributed by atoms with Crippen LogP contribution in [0.4, 0.5) is 5.69 Å². The molecule has 17 heavy (non-hydrogen) atoms. The Kier molecular flexibility index (Phi) is 5.12. The molecule has 1 heterocycles. The van der Waals surface area contributed by atoms with Crippen LogP contribution in [0.1, 0.15) is 40.0 Å². The van der Waals surface area contributed by atoms with Gasteiger partial charge in [0.2, 0.25) is 5.91 Å². The molecule has 0 aromatic carbocycles. The lowest BCUT2D eigenvalue weighted by atomic mass is 9.86. The van der Waals surface area contributed by atoms with Crippen molar-refractivity contribution in [1.29, 1.82) is 0 Å². The number of hydrogen-bond acceptors (Lipinski definition) is 2. The molecule has 1 aromatic rings. The quantitative estimate of drug-likeness (QED) is 0.893. The van der Waals surface area contributed by atoms with E-state index in [9.17, 15) is 4.79 Å². The molecule has 0 saturated carbocycles. The van der Waals surface area contributed by atoms with Crippen LogP contribution in [-0.4, -0.2) is 10.9 Å². The largest absolute Gasteiger partial charge is 0.324 e. The topological polar surface area (TPSA) is 42.0 Å². The highest BCUT2D eigenvalue weighted by Crippen LogP contribution is 2.25. The number of nitrogens with zero attached hydrogens (tertiary/aromatic N) is 1. The highest BCUT2D eigenvalue weighted by Gasteiger charge is 2.26. The lowest BCUT2D eigenvalue weighted by molar-refractivity contribution is -0.124. The molecule has 94 valence electrons. The number of rotatable bonds is 5. The first-order valence-electron chi connectivity index (χ1n) is 5.87. The van der Waals surface area contributed by atoms with Gasteiger partial charge in [-0.2, -0.15) is 0 Å². The van der Waals surface area contributed by atoms with Crippen molar-refractivity contribution in [3.8, 4) is 0 Å². The SMILES string of the molecule is CCCCC(C)(C)C(=O)Nc1cncc(Br)c1. The summed E-state index contributed by atoms with van der Waals surface area (Å²) in [5.41, 5.74) is 0.396. The monoisotopic (exact) mass is 298 g/mol. The van der Waals surface area contributed by atoms with Crippen LogP contribution in [0.5, 0.6) is 0 Å². The van der Waals surface area contributed by atoms with Crippen molar-refractivity contribution in [3.05, 3.63) is 22.9 Å². The zero-order valence-corrected chi connectivity index (χ0v) is 12.2. The molecule has 1 aromatic heterocycles. The third-order valence-corrected chi connectivity index (χ3v) is 3.17. The molecule has 0 radical (unpaired) electrons. The first-order valence-corrected chi connectivity index (χ1v) is 6.67. The predicted octanol–water partition coefficient (Wildman–Crippen LogP) is 4.00. The van der Waals surface area contributed by atoms with E-state index in [0.29, 0.717) is 0 Å². The Morgan fingerprint density at radius 2 is 2.18 bits per heavy atom. The third kappa shape index (κ3) is 4.46. The summed E-state index contributed by atoms with van der Waals surface area (Å²) in [5, 5.41) is 2.90. The Balaban J connectivity index is 2.65. The highest BCUT2D eigenvalue weighted by atomic mass is 79.9. The van der Waals surface area contributed by atoms with E-state index in [1.165, 1.54) is 0 Å². The van der Waals surface area contributed by atoms with Crippen molar-refractivity contribution in [2.45, 2.75) is 40.0 Å². The van der Waals surface area contributed by atoms with Gasteiger partial charge in [0, 0.05) is 16.1 Å². The van der Waals surface area contributed by atoms with Crippen LogP contribution in [-0.2, 0) is 4.79 Å². The van der Waals surface area contributed by atoms with Gasteiger partial charge in [0.05, 0.1) is 11.9 Å². The van der Waals surface area contributed by atoms with Crippen LogP contribution in [0.2, 0.25) is 0 Å². The fraction of sp³-hybridized carbons (Fsp3) is 0.538. The minimum Gasteiger partial charge on any atom is -0.324 e. The molecule has 3 nitrogen and oxygen atoms in total. The number of anilines is 1. The van der Waals surface area contributed by atoms with E-state index in [1.807, 2.05) is 19.9 Å². The summed E-state index contributed by atoms with van der Waals surface area (Å²) in [6.07, 6.45) is 6.42. The van der Waals surface area contributed by atoms with Crippen LogP contribution in [0.25, 0.3) is 0 Å². The van der Waals surface area contributed by atoms with E-state index in [2.05, 4.69) is 33.2 Å². The highest BCUT2D eigenvalue weighted by molar-refractivity contribution is 9.10. The Morgan fingerprint density at radius 1 is 1.47 bits per heavy atom. The van der Waals surface area contributed by atoms with E-state index in [0.717, 1.165) is 29.4 Å². The van der Waals surface area contributed by atoms with Gasteiger partial charge in [-0.3, -0.25) is 9.78 Å². The smallest absolute Gasteiger partial charge is 0.230 e. The second-order valence-electron chi connectivity index (χ2n) is 4.83. The zero-order valence-electron chi connectivity index (χ0n) is 10.6. The van der Waals surface area contributed by atoms with Gasteiger partial charge >= 0.3 is 0 Å². The van der Waals surface area contributed by atoms with Gasteiger partial charge in [-0.25, -0.2) is 0 Å². The number of pyridine rings is 1. The van der Waals surface area contributed by atoms with E-state index < -0.39 is 0 Å². The van der Waals surface area contributed by atoms with Gasteiger partial charge in [0.1, 0.15) is 0 Å². The van der Waals surface area contributed by atoms with Crippen molar-refractivity contribution in [1.82, 2.24) is 4.98 Å². The Labute approximate surface area is 111 Å². The molecule has 0 unspecified atom stereocenters. The number of amides is 1. The van der Waals surface area contributed by atoms with E-state index >= 15 is 0 Å². The molecule has 0 bridgehead atoms. The van der Waals surface area contributed by atoms with E-state index in [1.54, 1.807) is 12.4 Å². The standard InChI is InChI=1S/C13H19BrN2O/c1-4-5-6-13(2,3)12(17)16-11-7-10(14)8-15-9-11/h7-9H,4-6H2,1-3H3,(H,16,17). The fourth-order valence-corrected chi connectivity index (χ4v) is 1.88. The van der Waals surface area contributed by atoms with Crippen molar-refractivity contribution < 1.29 is 4.79 Å². The number of aromatic nitrogens is 1.